The van der Waals surface area contributed by atoms with Crippen LogP contribution < -0.4 is 15.4 Å². The van der Waals surface area contributed by atoms with Crippen molar-refractivity contribution in [2.24, 2.45) is 11.8 Å². The van der Waals surface area contributed by atoms with Gasteiger partial charge in [-0.15, -0.1) is 0 Å². The molecular weight excluding hydrogens is 560 g/mol. The Balaban J connectivity index is 0.00000151. The number of likely N-dealkylation sites (tertiary alicyclic amines) is 1. The first kappa shape index (κ1) is 36.5. The van der Waals surface area contributed by atoms with Crippen molar-refractivity contribution in [3.63, 3.8) is 0 Å². The lowest BCUT2D eigenvalue weighted by Gasteiger charge is -2.33. The predicted molar refractivity (Wildman–Crippen MR) is 180 cm³/mol. The second-order valence-corrected chi connectivity index (χ2v) is 13.9. The number of amides is 2. The Morgan fingerprint density at radius 1 is 0.977 bits per heavy atom. The lowest BCUT2D eigenvalue weighted by molar-refractivity contribution is -0.127. The number of carbonyl (C=O) groups excluding carboxylic acids is 2. The van der Waals surface area contributed by atoms with Crippen molar-refractivity contribution in [2.45, 2.75) is 70.9 Å². The van der Waals surface area contributed by atoms with Gasteiger partial charge in [-0.1, -0.05) is 81.5 Å². The van der Waals surface area contributed by atoms with Crippen molar-refractivity contribution < 1.29 is 19.4 Å². The number of aliphatic hydroxyl groups excluding tert-OH is 1. The summed E-state index contributed by atoms with van der Waals surface area (Å²) < 4.78 is 7.47. The molecule has 1 aliphatic heterocycles. The fourth-order valence-corrected chi connectivity index (χ4v) is 6.23. The number of hydrogen-bond acceptors (Lipinski definition) is 6. The van der Waals surface area contributed by atoms with Crippen LogP contribution in [0.4, 0.5) is 0 Å². The third-order valence-electron chi connectivity index (χ3n) is 6.72. The zero-order valence-corrected chi connectivity index (χ0v) is 27.9. The molecular formula is C34H54N4O4S. The molecule has 43 heavy (non-hydrogen) atoms. The van der Waals surface area contributed by atoms with E-state index in [1.807, 2.05) is 54.6 Å². The number of carbonyl (C=O) groups is 2. The number of benzene rings is 2. The molecule has 240 valence electrons. The van der Waals surface area contributed by atoms with Gasteiger partial charge in [-0.2, -0.15) is 0 Å². The predicted octanol–water partition coefficient (Wildman–Crippen LogP) is 4.59. The van der Waals surface area contributed by atoms with Gasteiger partial charge in [0.25, 0.3) is 0 Å². The molecule has 1 aliphatic rings. The van der Waals surface area contributed by atoms with Crippen LogP contribution in [0.15, 0.2) is 59.5 Å². The van der Waals surface area contributed by atoms with E-state index >= 15 is 0 Å². The largest absolute Gasteiger partial charge is 0.497 e. The molecule has 8 nitrogen and oxygen atoms in total. The van der Waals surface area contributed by atoms with E-state index in [4.69, 9.17) is 4.74 Å². The molecule has 1 fully saturated rings. The molecule has 1 heterocycles. The SMILES string of the molecule is C=S(c1ccc(OC)cc1)N(CC(C)C)CC(O)[C@H](Cc1ccccc1)NC(=O)CNC(=O)CN1CCCC1.CC(C)C. The Morgan fingerprint density at radius 3 is 2.14 bits per heavy atom. The molecule has 3 N–H and O–H groups in total. The quantitative estimate of drug-likeness (QED) is 0.254. The number of nitrogens with zero attached hydrogens (tertiary/aromatic N) is 2. The van der Waals surface area contributed by atoms with Gasteiger partial charge in [-0.25, -0.2) is 4.31 Å². The molecule has 0 spiro atoms. The number of rotatable bonds is 15. The number of hydrogen-bond donors (Lipinski definition) is 3. The Morgan fingerprint density at radius 2 is 1.58 bits per heavy atom. The van der Waals surface area contributed by atoms with Crippen molar-refractivity contribution in [1.29, 1.82) is 0 Å². The highest BCUT2D eigenvalue weighted by molar-refractivity contribution is 8.12. The fraction of sp³-hybridized carbons (Fsp3) is 0.559. The maximum absolute atomic E-state index is 12.9. The summed E-state index contributed by atoms with van der Waals surface area (Å²) in [4.78, 5) is 28.3. The summed E-state index contributed by atoms with van der Waals surface area (Å²) in [7, 11) is 1.12. The van der Waals surface area contributed by atoms with Gasteiger partial charge < -0.3 is 20.5 Å². The Kier molecular flexibility index (Phi) is 16.6. The van der Waals surface area contributed by atoms with Gasteiger partial charge in [-0.3, -0.25) is 14.5 Å². The maximum atomic E-state index is 12.9. The molecule has 9 heteroatoms. The van der Waals surface area contributed by atoms with Crippen molar-refractivity contribution in [3.05, 3.63) is 60.2 Å². The first-order valence-electron chi connectivity index (χ1n) is 15.4. The summed E-state index contributed by atoms with van der Waals surface area (Å²) in [5, 5.41) is 17.2. The zero-order chi connectivity index (χ0) is 31.8. The maximum Gasteiger partial charge on any atom is 0.239 e. The first-order valence-corrected chi connectivity index (χ1v) is 16.8. The van der Waals surface area contributed by atoms with Gasteiger partial charge in [0.05, 0.1) is 32.3 Å². The molecule has 1 saturated heterocycles. The summed E-state index contributed by atoms with van der Waals surface area (Å²) in [5.41, 5.74) is 1.01. The summed E-state index contributed by atoms with van der Waals surface area (Å²) in [6, 6.07) is 17.1. The van der Waals surface area contributed by atoms with Crippen LogP contribution in [0.2, 0.25) is 0 Å². The van der Waals surface area contributed by atoms with Gasteiger partial charge in [0.1, 0.15) is 5.75 Å². The van der Waals surface area contributed by atoms with E-state index in [2.05, 4.69) is 60.3 Å². The van der Waals surface area contributed by atoms with Crippen LogP contribution in [0.1, 0.15) is 53.0 Å². The Hall–Kier alpha value is -2.72. The van der Waals surface area contributed by atoms with Crippen LogP contribution in [-0.4, -0.2) is 90.5 Å². The van der Waals surface area contributed by atoms with E-state index < -0.39 is 22.8 Å². The standard InChI is InChI=1S/C30H44N4O4S.C4H10/c1-23(2)20-34(39(4)26-14-12-25(38-3)13-15-26)21-28(35)27(18-24-10-6-5-7-11-24)32-29(36)19-31-30(37)22-33-16-8-9-17-33;1-4(2)3/h5-7,10-15,23,27-28,35H,4,8-9,16-22H2,1-3H3,(H,31,37)(H,32,36);4H,1-3H3/t27-,28?,39?;/m0./s1. The lowest BCUT2D eigenvalue weighted by atomic mass is 10.0. The van der Waals surface area contributed by atoms with Crippen LogP contribution in [0.3, 0.4) is 0 Å². The molecule has 0 aliphatic carbocycles. The fourth-order valence-electron chi connectivity index (χ4n) is 4.67. The van der Waals surface area contributed by atoms with Gasteiger partial charge in [0.2, 0.25) is 11.8 Å². The minimum absolute atomic E-state index is 0.119. The number of nitrogens with one attached hydrogen (secondary N) is 2. The number of methoxy groups -OCH3 is 1. The highest BCUT2D eigenvalue weighted by atomic mass is 32.2. The van der Waals surface area contributed by atoms with Gasteiger partial charge >= 0.3 is 0 Å². The molecule has 0 aromatic heterocycles. The first-order chi connectivity index (χ1) is 20.5. The number of aliphatic hydroxyl groups is 1. The van der Waals surface area contributed by atoms with Gasteiger partial charge in [-0.05, 0) is 74.0 Å². The van der Waals surface area contributed by atoms with E-state index in [1.54, 1.807) is 7.11 Å². The van der Waals surface area contributed by atoms with Gasteiger partial charge in [0, 0.05) is 18.0 Å². The molecule has 2 amide bonds. The van der Waals surface area contributed by atoms with E-state index in [9.17, 15) is 14.7 Å². The topological polar surface area (TPSA) is 94.1 Å². The minimum atomic E-state index is -0.844. The van der Waals surface area contributed by atoms with Crippen LogP contribution in [0.5, 0.6) is 5.75 Å². The smallest absolute Gasteiger partial charge is 0.239 e. The van der Waals surface area contributed by atoms with Crippen LogP contribution in [0.25, 0.3) is 0 Å². The monoisotopic (exact) mass is 614 g/mol. The van der Waals surface area contributed by atoms with E-state index in [-0.39, 0.29) is 18.4 Å². The van der Waals surface area contributed by atoms with Crippen LogP contribution >= 0.6 is 10.7 Å². The number of ether oxygens (including phenoxy) is 1. The molecule has 3 atom stereocenters. The Labute approximate surface area is 262 Å². The van der Waals surface area contributed by atoms with Crippen LogP contribution in [-0.2, 0) is 16.0 Å². The van der Waals surface area contributed by atoms with E-state index in [0.717, 1.165) is 54.6 Å². The summed E-state index contributed by atoms with van der Waals surface area (Å²) in [6.07, 6.45) is 1.84. The third-order valence-corrected chi connectivity index (χ3v) is 8.46. The van der Waals surface area contributed by atoms with Crippen LogP contribution in [0, 0.1) is 11.8 Å². The molecule has 2 unspecified atom stereocenters. The van der Waals surface area contributed by atoms with Crippen molar-refractivity contribution in [1.82, 2.24) is 19.8 Å². The normalized spacial score (nSPS) is 15.5. The molecule has 3 rings (SSSR count). The third kappa shape index (κ3) is 14.5. The van der Waals surface area contributed by atoms with Gasteiger partial charge in [0.15, 0.2) is 0 Å². The Bertz CT molecular complexity index is 1100. The van der Waals surface area contributed by atoms with E-state index in [0.29, 0.717) is 25.4 Å². The highest BCUT2D eigenvalue weighted by Crippen LogP contribution is 2.31. The summed E-state index contributed by atoms with van der Waals surface area (Å²) >= 11 is 0. The summed E-state index contributed by atoms with van der Waals surface area (Å²) in [5.74, 6) is 5.93. The summed E-state index contributed by atoms with van der Waals surface area (Å²) in [6.45, 7) is 13.9. The molecule has 0 radical (unpaired) electrons. The molecule has 2 aromatic carbocycles. The molecule has 0 bridgehead atoms. The zero-order valence-electron chi connectivity index (χ0n) is 27.1. The van der Waals surface area contributed by atoms with Crippen molar-refractivity contribution >= 4 is 28.4 Å². The second-order valence-electron chi connectivity index (χ2n) is 12.2. The van der Waals surface area contributed by atoms with Crippen molar-refractivity contribution in [3.8, 4) is 5.75 Å². The lowest BCUT2D eigenvalue weighted by Crippen LogP contribution is -2.51. The molecule has 2 aromatic rings. The minimum Gasteiger partial charge on any atom is -0.497 e. The van der Waals surface area contributed by atoms with Crippen molar-refractivity contribution in [2.75, 3.05) is 46.4 Å². The van der Waals surface area contributed by atoms with E-state index in [1.165, 1.54) is 0 Å². The average molecular weight is 615 g/mol. The highest BCUT2D eigenvalue weighted by Gasteiger charge is 2.26. The second kappa shape index (κ2) is 19.5. The molecule has 0 saturated carbocycles. The average Bonchev–Trinajstić information content (AvgIpc) is 3.48.